The zero-order valence-electron chi connectivity index (χ0n) is 14.4. The van der Waals surface area contributed by atoms with Gasteiger partial charge in [0.1, 0.15) is 11.4 Å². The van der Waals surface area contributed by atoms with E-state index in [9.17, 15) is 13.6 Å². The first-order valence-electron chi connectivity index (χ1n) is 8.11. The van der Waals surface area contributed by atoms with E-state index in [-0.39, 0.29) is 18.0 Å². The van der Waals surface area contributed by atoms with Gasteiger partial charge in [-0.25, -0.2) is 0 Å². The average Bonchev–Trinajstić information content (AvgIpc) is 2.87. The van der Waals surface area contributed by atoms with E-state index in [0.29, 0.717) is 17.2 Å². The first-order valence-corrected chi connectivity index (χ1v) is 8.11. The lowest BCUT2D eigenvalue weighted by Crippen LogP contribution is -2.25. The van der Waals surface area contributed by atoms with Gasteiger partial charge in [-0.2, -0.15) is 8.78 Å². The Bertz CT molecular complexity index is 808. The van der Waals surface area contributed by atoms with Crippen molar-refractivity contribution in [1.29, 1.82) is 0 Å². The van der Waals surface area contributed by atoms with E-state index in [1.54, 1.807) is 12.1 Å². The van der Waals surface area contributed by atoms with Gasteiger partial charge in [-0.1, -0.05) is 18.2 Å². The molecule has 2 aromatic carbocycles. The van der Waals surface area contributed by atoms with Crippen LogP contribution in [0.5, 0.6) is 17.2 Å². The lowest BCUT2D eigenvalue weighted by molar-refractivity contribution is -0.118. The molecule has 1 N–H and O–H groups in total. The van der Waals surface area contributed by atoms with Crippen LogP contribution in [0, 0.1) is 0 Å². The predicted molar refractivity (Wildman–Crippen MR) is 92.1 cm³/mol. The quantitative estimate of drug-likeness (QED) is 0.842. The van der Waals surface area contributed by atoms with E-state index in [2.05, 4.69) is 10.1 Å². The zero-order chi connectivity index (χ0) is 18.7. The molecule has 0 radical (unpaired) electrons. The van der Waals surface area contributed by atoms with E-state index >= 15 is 0 Å². The first-order chi connectivity index (χ1) is 12.3. The summed E-state index contributed by atoms with van der Waals surface area (Å²) in [5.74, 6) is 0.694. The fourth-order valence-corrected chi connectivity index (χ4v) is 2.79. The molecule has 138 valence electrons. The summed E-state index contributed by atoms with van der Waals surface area (Å²) in [6.07, 6.45) is 0.767. The van der Waals surface area contributed by atoms with Gasteiger partial charge >= 0.3 is 6.61 Å². The summed E-state index contributed by atoms with van der Waals surface area (Å²) in [6.45, 7) is 0.810. The molecule has 0 unspecified atom stereocenters. The number of halogens is 2. The molecule has 1 aliphatic rings. The number of rotatable bonds is 6. The third kappa shape index (κ3) is 4.41. The van der Waals surface area contributed by atoms with Crippen LogP contribution in [0.15, 0.2) is 42.5 Å². The van der Waals surface area contributed by atoms with Crippen LogP contribution in [-0.4, -0.2) is 24.7 Å². The fraction of sp³-hybridized carbons (Fsp3) is 0.316. The van der Waals surface area contributed by atoms with Crippen molar-refractivity contribution < 1.29 is 27.8 Å². The Morgan fingerprint density at radius 2 is 2.04 bits per heavy atom. The van der Waals surface area contributed by atoms with Gasteiger partial charge in [0.2, 0.25) is 0 Å². The van der Waals surface area contributed by atoms with Crippen LogP contribution in [-0.2, 0) is 11.2 Å². The summed E-state index contributed by atoms with van der Waals surface area (Å²) < 4.78 is 40.3. The Morgan fingerprint density at radius 1 is 1.27 bits per heavy atom. The fourth-order valence-electron chi connectivity index (χ4n) is 2.79. The smallest absolute Gasteiger partial charge is 0.387 e. The monoisotopic (exact) mass is 363 g/mol. The summed E-state index contributed by atoms with van der Waals surface area (Å²) in [5.41, 5.74) is 1.06. The molecule has 0 bridgehead atoms. The molecule has 1 aliphatic heterocycles. The number of carbonyl (C=O) groups is 1. The minimum atomic E-state index is -2.92. The van der Waals surface area contributed by atoms with Crippen LogP contribution in [0.2, 0.25) is 0 Å². The van der Waals surface area contributed by atoms with Crippen LogP contribution in [0.4, 0.5) is 14.5 Å². The normalized spacial score (nSPS) is 14.5. The average molecular weight is 363 g/mol. The van der Waals surface area contributed by atoms with Crippen molar-refractivity contribution in [2.45, 2.75) is 32.5 Å². The SMILES string of the molecule is CC1(C)Cc2cccc(OCC(=O)Nc3cccc(OC(F)F)c3)c2O1. The highest BCUT2D eigenvalue weighted by atomic mass is 19.3. The van der Waals surface area contributed by atoms with Crippen molar-refractivity contribution in [1.82, 2.24) is 0 Å². The van der Waals surface area contributed by atoms with Gasteiger partial charge in [-0.3, -0.25) is 4.79 Å². The molecule has 0 saturated carbocycles. The number of hydrogen-bond donors (Lipinski definition) is 1. The highest BCUT2D eigenvalue weighted by Gasteiger charge is 2.32. The second-order valence-electron chi connectivity index (χ2n) is 6.53. The van der Waals surface area contributed by atoms with Crippen molar-refractivity contribution >= 4 is 11.6 Å². The molecule has 3 rings (SSSR count). The zero-order valence-corrected chi connectivity index (χ0v) is 14.4. The summed E-state index contributed by atoms with van der Waals surface area (Å²) >= 11 is 0. The third-order valence-corrected chi connectivity index (χ3v) is 3.76. The number of ether oxygens (including phenoxy) is 3. The number of hydrogen-bond acceptors (Lipinski definition) is 4. The Labute approximate surface area is 149 Å². The van der Waals surface area contributed by atoms with Crippen molar-refractivity contribution in [3.05, 3.63) is 48.0 Å². The van der Waals surface area contributed by atoms with Crippen molar-refractivity contribution in [2.24, 2.45) is 0 Å². The van der Waals surface area contributed by atoms with E-state index < -0.39 is 12.5 Å². The maximum Gasteiger partial charge on any atom is 0.387 e. The Hall–Kier alpha value is -2.83. The first kappa shape index (κ1) is 18.0. The number of anilines is 1. The summed E-state index contributed by atoms with van der Waals surface area (Å²) in [6, 6.07) is 11.3. The molecule has 0 atom stereocenters. The minimum absolute atomic E-state index is 0.0322. The van der Waals surface area contributed by atoms with Crippen molar-refractivity contribution in [2.75, 3.05) is 11.9 Å². The number of benzene rings is 2. The van der Waals surface area contributed by atoms with E-state index in [0.717, 1.165) is 12.0 Å². The Kier molecular flexibility index (Phi) is 4.97. The Balaban J connectivity index is 1.60. The molecule has 0 fully saturated rings. The van der Waals surface area contributed by atoms with Gasteiger partial charge in [0.05, 0.1) is 0 Å². The van der Waals surface area contributed by atoms with Crippen LogP contribution in [0.3, 0.4) is 0 Å². The second kappa shape index (κ2) is 7.19. The molecule has 5 nitrogen and oxygen atoms in total. The number of para-hydroxylation sites is 1. The summed E-state index contributed by atoms with van der Waals surface area (Å²) in [7, 11) is 0. The molecule has 2 aromatic rings. The van der Waals surface area contributed by atoms with Gasteiger partial charge in [-0.05, 0) is 32.0 Å². The lowest BCUT2D eigenvalue weighted by Gasteiger charge is -2.18. The summed E-state index contributed by atoms with van der Waals surface area (Å²) in [4.78, 5) is 12.1. The van der Waals surface area contributed by atoms with E-state index in [4.69, 9.17) is 9.47 Å². The Morgan fingerprint density at radius 3 is 2.81 bits per heavy atom. The van der Waals surface area contributed by atoms with Crippen LogP contribution < -0.4 is 19.5 Å². The van der Waals surface area contributed by atoms with Crippen molar-refractivity contribution in [3.63, 3.8) is 0 Å². The van der Waals surface area contributed by atoms with E-state index in [1.807, 2.05) is 26.0 Å². The predicted octanol–water partition coefficient (Wildman–Crippen LogP) is 4.02. The third-order valence-electron chi connectivity index (χ3n) is 3.76. The van der Waals surface area contributed by atoms with Crippen LogP contribution >= 0.6 is 0 Å². The van der Waals surface area contributed by atoms with Gasteiger partial charge in [0, 0.05) is 23.7 Å². The molecule has 1 amide bonds. The number of alkyl halides is 2. The maximum atomic E-state index is 12.2. The molecule has 0 aliphatic carbocycles. The molecule has 0 spiro atoms. The van der Waals surface area contributed by atoms with Gasteiger partial charge in [0.15, 0.2) is 18.1 Å². The number of nitrogens with one attached hydrogen (secondary N) is 1. The number of carbonyl (C=O) groups excluding carboxylic acids is 1. The summed E-state index contributed by atoms with van der Waals surface area (Å²) in [5, 5.41) is 2.58. The van der Waals surface area contributed by atoms with E-state index in [1.165, 1.54) is 18.2 Å². The van der Waals surface area contributed by atoms with Crippen LogP contribution in [0.1, 0.15) is 19.4 Å². The molecular formula is C19H19F2NO4. The highest BCUT2D eigenvalue weighted by Crippen LogP contribution is 2.41. The maximum absolute atomic E-state index is 12.2. The largest absolute Gasteiger partial charge is 0.483 e. The molecule has 7 heteroatoms. The topological polar surface area (TPSA) is 56.8 Å². The number of amides is 1. The van der Waals surface area contributed by atoms with Gasteiger partial charge in [0.25, 0.3) is 5.91 Å². The van der Waals surface area contributed by atoms with Gasteiger partial charge in [-0.15, -0.1) is 0 Å². The lowest BCUT2D eigenvalue weighted by atomic mass is 10.0. The highest BCUT2D eigenvalue weighted by molar-refractivity contribution is 5.92. The minimum Gasteiger partial charge on any atom is -0.483 e. The molecular weight excluding hydrogens is 344 g/mol. The standard InChI is InChI=1S/C19H19F2NO4/c1-19(2)10-12-5-3-8-15(17(12)26-19)24-11-16(23)22-13-6-4-7-14(9-13)25-18(20)21/h3-9,18H,10-11H2,1-2H3,(H,22,23). The van der Waals surface area contributed by atoms with Crippen LogP contribution in [0.25, 0.3) is 0 Å². The van der Waals surface area contributed by atoms with Crippen molar-refractivity contribution in [3.8, 4) is 17.2 Å². The molecule has 26 heavy (non-hydrogen) atoms. The molecule has 0 aromatic heterocycles. The second-order valence-corrected chi connectivity index (χ2v) is 6.53. The molecule has 0 saturated heterocycles. The number of fused-ring (bicyclic) bond motifs is 1. The van der Waals surface area contributed by atoms with Gasteiger partial charge < -0.3 is 19.5 Å². The molecule has 1 heterocycles.